The second kappa shape index (κ2) is 8.92. The lowest BCUT2D eigenvalue weighted by atomic mass is 9.90. The highest BCUT2D eigenvalue weighted by atomic mass is 35.5. The van der Waals surface area contributed by atoms with Crippen molar-refractivity contribution in [2.24, 2.45) is 11.8 Å². The lowest BCUT2D eigenvalue weighted by molar-refractivity contribution is 0.144. The average molecular weight is 411 g/mol. The maximum Gasteiger partial charge on any atom is 0.512 e. The third-order valence-corrected chi connectivity index (χ3v) is 6.70. The maximum atomic E-state index is 10.5. The van der Waals surface area contributed by atoms with Crippen LogP contribution in [0.3, 0.4) is 0 Å². The molecule has 1 aliphatic rings. The van der Waals surface area contributed by atoms with E-state index >= 15 is 0 Å². The molecule has 0 unspecified atom stereocenters. The molecule has 138 valence electrons. The molecule has 4 atom stereocenters. The second-order valence-electron chi connectivity index (χ2n) is 6.27. The fourth-order valence-corrected chi connectivity index (χ4v) is 5.22. The standard InChI is InChI=1S/C19H19ClO4S2/c20-16-10-17(21)15(6-4-12-8-9-25-11-12)14(16)3-1-2-13-5-7-18(26-13)24-19(22)23/h5,7-9,11,14-17,21H,1-3,10H2,(H,22,23)/t14-,15-,16-,17-/m1/s1. The minimum atomic E-state index is -1.30. The minimum Gasteiger partial charge on any atom is -0.449 e. The van der Waals surface area contributed by atoms with E-state index in [1.165, 1.54) is 11.3 Å². The number of alkyl halides is 1. The average Bonchev–Trinajstić information content (AvgIpc) is 3.29. The van der Waals surface area contributed by atoms with Crippen molar-refractivity contribution in [3.63, 3.8) is 0 Å². The van der Waals surface area contributed by atoms with Gasteiger partial charge < -0.3 is 14.9 Å². The molecule has 0 bridgehead atoms. The summed E-state index contributed by atoms with van der Waals surface area (Å²) in [5, 5.41) is 23.2. The molecule has 2 aromatic heterocycles. The van der Waals surface area contributed by atoms with Crippen LogP contribution < -0.4 is 4.74 Å². The number of aliphatic hydroxyl groups excluding tert-OH is 1. The molecule has 0 saturated heterocycles. The number of carboxylic acid groups (broad SMARTS) is 1. The summed E-state index contributed by atoms with van der Waals surface area (Å²) in [5.41, 5.74) is 0.975. The molecule has 1 aliphatic carbocycles. The van der Waals surface area contributed by atoms with E-state index < -0.39 is 12.3 Å². The number of ether oxygens (including phenoxy) is 1. The molecule has 3 rings (SSSR count). The molecule has 0 amide bonds. The molecule has 0 spiro atoms. The van der Waals surface area contributed by atoms with Gasteiger partial charge in [0.25, 0.3) is 0 Å². The number of aryl methyl sites for hydroxylation is 1. The minimum absolute atomic E-state index is 0.0685. The Kier molecular flexibility index (Phi) is 6.60. The number of rotatable bonds is 5. The molecule has 0 aliphatic heterocycles. The monoisotopic (exact) mass is 410 g/mol. The molecule has 1 saturated carbocycles. The van der Waals surface area contributed by atoms with E-state index in [0.717, 1.165) is 29.7 Å². The number of hydrogen-bond acceptors (Lipinski definition) is 5. The summed E-state index contributed by atoms with van der Waals surface area (Å²) in [7, 11) is 0. The number of carbonyl (C=O) groups is 1. The zero-order valence-electron chi connectivity index (χ0n) is 13.9. The van der Waals surface area contributed by atoms with Crippen molar-refractivity contribution in [3.8, 4) is 16.9 Å². The van der Waals surface area contributed by atoms with Crippen molar-refractivity contribution in [1.29, 1.82) is 0 Å². The summed E-state index contributed by atoms with van der Waals surface area (Å²) in [6.45, 7) is 0. The zero-order valence-corrected chi connectivity index (χ0v) is 16.3. The second-order valence-corrected chi connectivity index (χ2v) is 8.74. The van der Waals surface area contributed by atoms with Gasteiger partial charge >= 0.3 is 6.16 Å². The van der Waals surface area contributed by atoms with Crippen molar-refractivity contribution in [2.45, 2.75) is 37.2 Å². The molecule has 2 N–H and O–H groups in total. The van der Waals surface area contributed by atoms with Gasteiger partial charge in [-0.25, -0.2) is 4.79 Å². The third-order valence-electron chi connectivity index (χ3n) is 4.50. The Morgan fingerprint density at radius 2 is 2.23 bits per heavy atom. The first-order valence-electron chi connectivity index (χ1n) is 8.38. The SMILES string of the molecule is O=C(O)Oc1ccc(CCC[C@@H]2[C@@H](C#Cc3ccsc3)[C@H](O)C[C@H]2Cl)s1. The third kappa shape index (κ3) is 5.01. The van der Waals surface area contributed by atoms with Crippen LogP contribution in [0, 0.1) is 23.7 Å². The van der Waals surface area contributed by atoms with Gasteiger partial charge in [0, 0.05) is 21.2 Å². The van der Waals surface area contributed by atoms with Crippen molar-refractivity contribution in [2.75, 3.05) is 0 Å². The molecule has 4 nitrogen and oxygen atoms in total. The van der Waals surface area contributed by atoms with E-state index in [9.17, 15) is 9.90 Å². The molecular weight excluding hydrogens is 392 g/mol. The lowest BCUT2D eigenvalue weighted by Crippen LogP contribution is -2.19. The summed E-state index contributed by atoms with van der Waals surface area (Å²) in [6, 6.07) is 5.53. The van der Waals surface area contributed by atoms with Crippen LogP contribution in [0.5, 0.6) is 5.06 Å². The normalized spacial score (nSPS) is 24.8. The van der Waals surface area contributed by atoms with Crippen LogP contribution >= 0.6 is 34.3 Å². The fourth-order valence-electron chi connectivity index (χ4n) is 3.27. The van der Waals surface area contributed by atoms with Crippen molar-refractivity contribution >= 4 is 40.4 Å². The topological polar surface area (TPSA) is 66.8 Å². The zero-order chi connectivity index (χ0) is 18.5. The van der Waals surface area contributed by atoms with E-state index in [2.05, 4.69) is 16.6 Å². The van der Waals surface area contributed by atoms with Crippen LogP contribution in [0.25, 0.3) is 0 Å². The Bertz CT molecular complexity index is 790. The Morgan fingerprint density at radius 1 is 1.38 bits per heavy atom. The van der Waals surface area contributed by atoms with Crippen molar-refractivity contribution in [1.82, 2.24) is 0 Å². The van der Waals surface area contributed by atoms with Crippen LogP contribution in [0.2, 0.25) is 0 Å². The van der Waals surface area contributed by atoms with Gasteiger partial charge in [0.2, 0.25) is 0 Å². The Balaban J connectivity index is 1.56. The summed E-state index contributed by atoms with van der Waals surface area (Å²) >= 11 is 9.41. The van der Waals surface area contributed by atoms with E-state index in [-0.39, 0.29) is 17.2 Å². The lowest BCUT2D eigenvalue weighted by Gasteiger charge is -2.18. The summed E-state index contributed by atoms with van der Waals surface area (Å²) in [4.78, 5) is 11.6. The number of hydrogen-bond donors (Lipinski definition) is 2. The highest BCUT2D eigenvalue weighted by molar-refractivity contribution is 7.13. The fraction of sp³-hybridized carbons (Fsp3) is 0.421. The highest BCUT2D eigenvalue weighted by Gasteiger charge is 2.40. The molecule has 1 fully saturated rings. The van der Waals surface area contributed by atoms with Gasteiger partial charge in [0.15, 0.2) is 5.06 Å². The van der Waals surface area contributed by atoms with Crippen LogP contribution in [0.4, 0.5) is 4.79 Å². The Morgan fingerprint density at radius 3 is 2.96 bits per heavy atom. The van der Waals surface area contributed by atoms with Gasteiger partial charge in [0.1, 0.15) is 0 Å². The highest BCUT2D eigenvalue weighted by Crippen LogP contribution is 2.39. The van der Waals surface area contributed by atoms with E-state index in [1.54, 1.807) is 17.4 Å². The number of thiophene rings is 2. The van der Waals surface area contributed by atoms with Gasteiger partial charge in [-0.2, -0.15) is 11.3 Å². The van der Waals surface area contributed by atoms with Gasteiger partial charge in [0.05, 0.1) is 12.0 Å². The van der Waals surface area contributed by atoms with Crippen LogP contribution in [0.15, 0.2) is 29.0 Å². The quantitative estimate of drug-likeness (QED) is 0.420. The Hall–Kier alpha value is -1.52. The van der Waals surface area contributed by atoms with Gasteiger partial charge in [-0.1, -0.05) is 11.8 Å². The molecule has 7 heteroatoms. The van der Waals surface area contributed by atoms with Gasteiger partial charge in [-0.15, -0.1) is 22.9 Å². The van der Waals surface area contributed by atoms with Gasteiger partial charge in [-0.05, 0) is 55.2 Å². The van der Waals surface area contributed by atoms with Gasteiger partial charge in [-0.3, -0.25) is 0 Å². The van der Waals surface area contributed by atoms with Crippen LogP contribution in [-0.4, -0.2) is 27.8 Å². The van der Waals surface area contributed by atoms with E-state index in [0.29, 0.717) is 11.5 Å². The molecule has 2 heterocycles. The largest absolute Gasteiger partial charge is 0.512 e. The maximum absolute atomic E-state index is 10.5. The smallest absolute Gasteiger partial charge is 0.449 e. The first-order valence-corrected chi connectivity index (χ1v) is 10.6. The van der Waals surface area contributed by atoms with Crippen LogP contribution in [0.1, 0.15) is 29.7 Å². The summed E-state index contributed by atoms with van der Waals surface area (Å²) < 4.78 is 4.65. The molecule has 0 radical (unpaired) electrons. The van der Waals surface area contributed by atoms with Crippen molar-refractivity contribution in [3.05, 3.63) is 39.4 Å². The number of halogens is 1. The predicted molar refractivity (Wildman–Crippen MR) is 104 cm³/mol. The molecular formula is C19H19ClO4S2. The van der Waals surface area contributed by atoms with E-state index in [4.69, 9.17) is 16.7 Å². The molecule has 2 aromatic rings. The predicted octanol–water partition coefficient (Wildman–Crippen LogP) is 4.85. The summed E-state index contributed by atoms with van der Waals surface area (Å²) in [5.74, 6) is 6.43. The first-order chi connectivity index (χ1) is 12.5. The summed E-state index contributed by atoms with van der Waals surface area (Å²) in [6.07, 6.45) is 1.41. The Labute approximate surface area is 165 Å². The van der Waals surface area contributed by atoms with E-state index in [1.807, 2.05) is 22.9 Å². The van der Waals surface area contributed by atoms with Crippen LogP contribution in [-0.2, 0) is 6.42 Å². The molecule has 26 heavy (non-hydrogen) atoms. The van der Waals surface area contributed by atoms with Crippen molar-refractivity contribution < 1.29 is 19.7 Å². The molecule has 0 aromatic carbocycles. The number of aliphatic hydroxyl groups is 1. The first kappa shape index (κ1) is 19.2.